The molecule has 2 heterocycles. The summed E-state index contributed by atoms with van der Waals surface area (Å²) in [7, 11) is -0.123. The number of hydrogen-bond acceptors (Lipinski definition) is 6. The van der Waals surface area contributed by atoms with Crippen molar-refractivity contribution in [3.63, 3.8) is 0 Å². The maximum Gasteiger partial charge on any atom is 0.269 e. The van der Waals surface area contributed by atoms with Crippen LogP contribution in [0.25, 0.3) is 0 Å². The van der Waals surface area contributed by atoms with Crippen molar-refractivity contribution in [3.8, 4) is 0 Å². The van der Waals surface area contributed by atoms with Gasteiger partial charge in [-0.15, -0.1) is 0 Å². The minimum atomic E-state index is -3.34. The molecule has 156 valence electrons. The molecule has 9 nitrogen and oxygen atoms in total. The van der Waals surface area contributed by atoms with Gasteiger partial charge in [0.15, 0.2) is 0 Å². The number of halogens is 1. The Kier molecular flexibility index (Phi) is 7.84. The Morgan fingerprint density at radius 1 is 1.25 bits per heavy atom. The van der Waals surface area contributed by atoms with E-state index in [2.05, 4.69) is 20.3 Å². The van der Waals surface area contributed by atoms with Crippen LogP contribution in [0.3, 0.4) is 0 Å². The molecular weight excluding hydrogens is 389 g/mol. The first-order chi connectivity index (χ1) is 13.2. The van der Waals surface area contributed by atoms with Gasteiger partial charge in [-0.25, -0.2) is 22.5 Å². The number of rotatable bonds is 9. The molecule has 3 N–H and O–H groups in total. The molecule has 1 fully saturated rings. The second-order valence-corrected chi connectivity index (χ2v) is 8.75. The predicted molar refractivity (Wildman–Crippen MR) is 102 cm³/mol. The van der Waals surface area contributed by atoms with Gasteiger partial charge in [-0.05, 0) is 39.1 Å². The van der Waals surface area contributed by atoms with E-state index in [0.29, 0.717) is 6.54 Å². The van der Waals surface area contributed by atoms with Crippen LogP contribution in [0.2, 0.25) is 0 Å². The van der Waals surface area contributed by atoms with Crippen molar-refractivity contribution in [3.05, 3.63) is 29.8 Å². The second kappa shape index (κ2) is 9.89. The molecule has 28 heavy (non-hydrogen) atoms. The molecule has 1 saturated heterocycles. The quantitative estimate of drug-likeness (QED) is 0.499. The molecule has 11 heteroatoms. The van der Waals surface area contributed by atoms with Crippen LogP contribution in [0.1, 0.15) is 29.8 Å². The molecule has 1 aromatic heterocycles. The molecule has 0 bridgehead atoms. The van der Waals surface area contributed by atoms with E-state index >= 15 is 0 Å². The molecule has 0 radical (unpaired) electrons. The van der Waals surface area contributed by atoms with Crippen molar-refractivity contribution in [2.45, 2.75) is 31.3 Å². The second-order valence-electron chi connectivity index (χ2n) is 6.70. The topological polar surface area (TPSA) is 120 Å². The number of hydrogen-bond donors (Lipinski definition) is 3. The molecule has 1 aliphatic rings. The maximum absolute atomic E-state index is 12.9. The van der Waals surface area contributed by atoms with Crippen LogP contribution in [0, 0.1) is 5.82 Å². The zero-order valence-electron chi connectivity index (χ0n) is 15.9. The van der Waals surface area contributed by atoms with Crippen molar-refractivity contribution < 1.29 is 22.4 Å². The van der Waals surface area contributed by atoms with Gasteiger partial charge >= 0.3 is 0 Å². The summed E-state index contributed by atoms with van der Waals surface area (Å²) in [6, 6.07) is 2.60. The third-order valence-electron chi connectivity index (χ3n) is 4.87. The number of carbonyl (C=O) groups is 2. The maximum atomic E-state index is 12.9. The molecule has 0 saturated carbocycles. The lowest BCUT2D eigenvalue weighted by molar-refractivity contribution is -0.122. The Balaban J connectivity index is 1.74. The summed E-state index contributed by atoms with van der Waals surface area (Å²) in [5.41, 5.74) is 0.148. The molecule has 1 aliphatic heterocycles. The fourth-order valence-corrected chi connectivity index (χ4v) is 3.68. The molecular formula is C17H26FN5O4S. The third kappa shape index (κ3) is 6.50. The monoisotopic (exact) mass is 415 g/mol. The first-order valence-corrected chi connectivity index (χ1v) is 10.7. The summed E-state index contributed by atoms with van der Waals surface area (Å²) in [6.07, 6.45) is 2.88. The van der Waals surface area contributed by atoms with Gasteiger partial charge in [-0.2, -0.15) is 0 Å². The van der Waals surface area contributed by atoms with Crippen LogP contribution in [0.4, 0.5) is 4.39 Å². The number of nitrogens with zero attached hydrogens (tertiary/aromatic N) is 2. The predicted octanol–water partition coefficient (Wildman–Crippen LogP) is -0.531. The zero-order valence-corrected chi connectivity index (χ0v) is 16.8. The molecule has 0 aromatic carbocycles. The van der Waals surface area contributed by atoms with Gasteiger partial charge in [0.25, 0.3) is 5.91 Å². The fraction of sp³-hybridized carbons (Fsp3) is 0.588. The van der Waals surface area contributed by atoms with E-state index in [0.717, 1.165) is 19.0 Å². The molecule has 0 aliphatic carbocycles. The third-order valence-corrected chi connectivity index (χ3v) is 6.23. The highest BCUT2D eigenvalue weighted by atomic mass is 32.2. The largest absolute Gasteiger partial charge is 0.355 e. The van der Waals surface area contributed by atoms with E-state index < -0.39 is 15.8 Å². The van der Waals surface area contributed by atoms with Crippen LogP contribution in [-0.4, -0.2) is 75.1 Å². The number of amides is 2. The average molecular weight is 415 g/mol. The van der Waals surface area contributed by atoms with Gasteiger partial charge in [-0.1, -0.05) is 0 Å². The molecule has 2 amide bonds. The lowest BCUT2D eigenvalue weighted by Crippen LogP contribution is -2.43. The van der Waals surface area contributed by atoms with Crippen molar-refractivity contribution in [1.29, 1.82) is 0 Å². The van der Waals surface area contributed by atoms with Crippen LogP contribution in [0.15, 0.2) is 18.3 Å². The van der Waals surface area contributed by atoms with Crippen molar-refractivity contribution >= 4 is 21.8 Å². The van der Waals surface area contributed by atoms with E-state index in [9.17, 15) is 22.4 Å². The first kappa shape index (κ1) is 22.2. The lowest BCUT2D eigenvalue weighted by Gasteiger charge is -2.25. The average Bonchev–Trinajstić information content (AvgIpc) is 3.00. The molecule has 0 unspecified atom stereocenters. The Morgan fingerprint density at radius 2 is 1.96 bits per heavy atom. The van der Waals surface area contributed by atoms with Crippen LogP contribution in [-0.2, 0) is 14.8 Å². The van der Waals surface area contributed by atoms with Gasteiger partial charge in [0.1, 0.15) is 11.5 Å². The summed E-state index contributed by atoms with van der Waals surface area (Å²) in [6.45, 7) is 0.454. The van der Waals surface area contributed by atoms with Crippen LogP contribution < -0.4 is 15.4 Å². The summed E-state index contributed by atoms with van der Waals surface area (Å²) in [4.78, 5) is 29.9. The SMILES string of the molecule is CNS(=O)(=O)CCNC(=O)C[C@H]1CC[C@@H](CNC(=O)c2ccc(F)cn2)N1C. The van der Waals surface area contributed by atoms with Crippen LogP contribution in [0.5, 0.6) is 0 Å². The number of aromatic nitrogens is 1. The number of sulfonamides is 1. The van der Waals surface area contributed by atoms with Gasteiger partial charge in [0.2, 0.25) is 15.9 Å². The number of likely N-dealkylation sites (tertiary alicyclic amines) is 1. The van der Waals surface area contributed by atoms with Crippen LogP contribution >= 0.6 is 0 Å². The van der Waals surface area contributed by atoms with E-state index in [1.165, 1.54) is 19.2 Å². The van der Waals surface area contributed by atoms with E-state index in [1.54, 1.807) is 0 Å². The Hall–Kier alpha value is -2.11. The molecule has 2 rings (SSSR count). The first-order valence-electron chi connectivity index (χ1n) is 9.01. The highest BCUT2D eigenvalue weighted by Gasteiger charge is 2.32. The van der Waals surface area contributed by atoms with Gasteiger partial charge in [0, 0.05) is 31.6 Å². The summed E-state index contributed by atoms with van der Waals surface area (Å²) in [5, 5.41) is 5.40. The van der Waals surface area contributed by atoms with E-state index in [1.807, 2.05) is 11.9 Å². The van der Waals surface area contributed by atoms with Crippen molar-refractivity contribution in [2.75, 3.05) is 32.9 Å². The smallest absolute Gasteiger partial charge is 0.269 e. The molecule has 1 aromatic rings. The Bertz CT molecular complexity index is 787. The number of carbonyl (C=O) groups excluding carboxylic acids is 2. The van der Waals surface area contributed by atoms with E-state index in [-0.39, 0.29) is 48.3 Å². The summed E-state index contributed by atoms with van der Waals surface area (Å²) >= 11 is 0. The van der Waals surface area contributed by atoms with Gasteiger partial charge in [-0.3, -0.25) is 14.5 Å². The Morgan fingerprint density at radius 3 is 2.61 bits per heavy atom. The molecule has 2 atom stereocenters. The number of likely N-dealkylation sites (N-methyl/N-ethyl adjacent to an activating group) is 1. The van der Waals surface area contributed by atoms with Crippen molar-refractivity contribution in [2.24, 2.45) is 0 Å². The summed E-state index contributed by atoms with van der Waals surface area (Å²) < 4.78 is 37.7. The number of pyridine rings is 1. The number of nitrogens with one attached hydrogen (secondary N) is 3. The highest BCUT2D eigenvalue weighted by Crippen LogP contribution is 2.24. The lowest BCUT2D eigenvalue weighted by atomic mass is 10.1. The summed E-state index contributed by atoms with van der Waals surface area (Å²) in [5.74, 6) is -1.25. The molecule has 0 spiro atoms. The zero-order chi connectivity index (χ0) is 20.7. The highest BCUT2D eigenvalue weighted by molar-refractivity contribution is 7.89. The normalized spacial score (nSPS) is 20.1. The minimum Gasteiger partial charge on any atom is -0.355 e. The van der Waals surface area contributed by atoms with Gasteiger partial charge in [0.05, 0.1) is 11.9 Å². The Labute approximate surface area is 164 Å². The fourth-order valence-electron chi connectivity index (χ4n) is 3.11. The van der Waals surface area contributed by atoms with Gasteiger partial charge < -0.3 is 10.6 Å². The standard InChI is InChI=1S/C17H26FN5O4S/c1-19-28(26,27)8-7-20-16(24)9-13-4-5-14(23(13)2)11-22-17(25)15-6-3-12(18)10-21-15/h3,6,10,13-14,19H,4-5,7-9,11H2,1-2H3,(H,20,24)(H,22,25)/t13-,14+/m1/s1. The van der Waals surface area contributed by atoms with Crippen molar-refractivity contribution in [1.82, 2.24) is 25.2 Å². The minimum absolute atomic E-state index is 0.0201. The van der Waals surface area contributed by atoms with E-state index in [4.69, 9.17) is 0 Å².